The molecule has 4 rings (SSSR count). The molecule has 0 N–H and O–H groups in total. The SMILES string of the molecule is COc1cc(/C=C(/C#N)c2nc3ccccc3s2)ccc1OCc1ccc(C(C)(C)C)cc1. The molecule has 4 aromatic rings. The lowest BCUT2D eigenvalue weighted by atomic mass is 9.87. The molecule has 4 nitrogen and oxygen atoms in total. The topological polar surface area (TPSA) is 55.1 Å². The standard InChI is InChI=1S/C28H26N2O2S/c1-28(2,3)22-12-9-19(10-13-22)18-32-24-14-11-20(16-25(24)31-4)15-21(17-29)27-30-23-7-5-6-8-26(23)33-27/h5-16H,18H2,1-4H3/b21-15-. The summed E-state index contributed by atoms with van der Waals surface area (Å²) in [5.74, 6) is 1.28. The van der Waals surface area contributed by atoms with E-state index in [4.69, 9.17) is 9.47 Å². The summed E-state index contributed by atoms with van der Waals surface area (Å²) in [7, 11) is 1.62. The van der Waals surface area contributed by atoms with E-state index in [2.05, 4.69) is 56.1 Å². The second-order valence-electron chi connectivity index (χ2n) is 8.80. The fourth-order valence-corrected chi connectivity index (χ4v) is 4.38. The summed E-state index contributed by atoms with van der Waals surface area (Å²) in [4.78, 5) is 4.60. The molecule has 0 saturated carbocycles. The molecule has 0 bridgehead atoms. The van der Waals surface area contributed by atoms with E-state index in [-0.39, 0.29) is 5.41 Å². The number of para-hydroxylation sites is 1. The van der Waals surface area contributed by atoms with Gasteiger partial charge in [0, 0.05) is 0 Å². The first kappa shape index (κ1) is 22.6. The molecule has 0 aliphatic rings. The van der Waals surface area contributed by atoms with Crippen molar-refractivity contribution < 1.29 is 9.47 Å². The fraction of sp³-hybridized carbons (Fsp3) is 0.214. The monoisotopic (exact) mass is 454 g/mol. The molecular weight excluding hydrogens is 428 g/mol. The predicted molar refractivity (Wildman–Crippen MR) is 136 cm³/mol. The third-order valence-electron chi connectivity index (χ3n) is 5.36. The summed E-state index contributed by atoms with van der Waals surface area (Å²) in [5, 5.41) is 10.4. The van der Waals surface area contributed by atoms with Gasteiger partial charge in [0.25, 0.3) is 0 Å². The number of nitrogens with zero attached hydrogens (tertiary/aromatic N) is 2. The number of fused-ring (bicyclic) bond motifs is 1. The first-order valence-corrected chi connectivity index (χ1v) is 11.6. The molecule has 1 heterocycles. The number of benzene rings is 3. The van der Waals surface area contributed by atoms with Gasteiger partial charge in [0.15, 0.2) is 11.5 Å². The number of thiazole rings is 1. The third kappa shape index (κ3) is 5.24. The van der Waals surface area contributed by atoms with Crippen LogP contribution in [0.4, 0.5) is 0 Å². The highest BCUT2D eigenvalue weighted by molar-refractivity contribution is 7.19. The Morgan fingerprint density at radius 3 is 2.45 bits per heavy atom. The Hall–Kier alpha value is -3.62. The first-order chi connectivity index (χ1) is 15.9. The predicted octanol–water partition coefficient (Wildman–Crippen LogP) is 7.25. The van der Waals surface area contributed by atoms with Crippen LogP contribution in [0.2, 0.25) is 0 Å². The van der Waals surface area contributed by atoms with Crippen LogP contribution < -0.4 is 9.47 Å². The van der Waals surface area contributed by atoms with Crippen molar-refractivity contribution in [3.63, 3.8) is 0 Å². The van der Waals surface area contributed by atoms with Gasteiger partial charge in [-0.05, 0) is 52.4 Å². The van der Waals surface area contributed by atoms with Gasteiger partial charge in [-0.25, -0.2) is 4.98 Å². The molecule has 0 radical (unpaired) electrons. The molecule has 33 heavy (non-hydrogen) atoms. The van der Waals surface area contributed by atoms with Crippen molar-refractivity contribution in [2.45, 2.75) is 32.8 Å². The Bertz CT molecular complexity index is 1310. The molecule has 5 heteroatoms. The maximum absolute atomic E-state index is 9.72. The van der Waals surface area contributed by atoms with Crippen molar-refractivity contribution in [1.29, 1.82) is 5.26 Å². The van der Waals surface area contributed by atoms with E-state index < -0.39 is 0 Å². The Labute approximate surface area is 198 Å². The maximum Gasteiger partial charge on any atom is 0.161 e. The van der Waals surface area contributed by atoms with Gasteiger partial charge in [-0.1, -0.05) is 63.2 Å². The number of allylic oxidation sites excluding steroid dienone is 1. The molecule has 0 atom stereocenters. The second-order valence-corrected chi connectivity index (χ2v) is 9.83. The number of hydrogen-bond acceptors (Lipinski definition) is 5. The van der Waals surface area contributed by atoms with Crippen molar-refractivity contribution in [1.82, 2.24) is 4.98 Å². The van der Waals surface area contributed by atoms with Crippen molar-refractivity contribution in [3.8, 4) is 17.6 Å². The number of ether oxygens (including phenoxy) is 2. The number of aromatic nitrogens is 1. The highest BCUT2D eigenvalue weighted by Gasteiger charge is 2.13. The first-order valence-electron chi connectivity index (χ1n) is 10.8. The third-order valence-corrected chi connectivity index (χ3v) is 6.43. The van der Waals surface area contributed by atoms with E-state index in [0.29, 0.717) is 28.7 Å². The van der Waals surface area contributed by atoms with Gasteiger partial charge in [-0.2, -0.15) is 5.26 Å². The molecular formula is C28H26N2O2S. The molecule has 0 aliphatic carbocycles. The largest absolute Gasteiger partial charge is 0.493 e. The molecule has 3 aromatic carbocycles. The number of hydrogen-bond donors (Lipinski definition) is 0. The van der Waals surface area contributed by atoms with Crippen LogP contribution in [-0.4, -0.2) is 12.1 Å². The van der Waals surface area contributed by atoms with Crippen LogP contribution in [-0.2, 0) is 12.0 Å². The van der Waals surface area contributed by atoms with Gasteiger partial charge < -0.3 is 9.47 Å². The van der Waals surface area contributed by atoms with Gasteiger partial charge >= 0.3 is 0 Å². The lowest BCUT2D eigenvalue weighted by Crippen LogP contribution is -2.10. The van der Waals surface area contributed by atoms with E-state index in [0.717, 1.165) is 21.3 Å². The van der Waals surface area contributed by atoms with E-state index in [1.807, 2.05) is 48.5 Å². The molecule has 0 amide bonds. The highest BCUT2D eigenvalue weighted by atomic mass is 32.1. The average molecular weight is 455 g/mol. The lowest BCUT2D eigenvalue weighted by molar-refractivity contribution is 0.284. The van der Waals surface area contributed by atoms with Crippen molar-refractivity contribution in [2.75, 3.05) is 7.11 Å². The summed E-state index contributed by atoms with van der Waals surface area (Å²) < 4.78 is 12.6. The maximum atomic E-state index is 9.72. The minimum Gasteiger partial charge on any atom is -0.493 e. The van der Waals surface area contributed by atoms with Crippen LogP contribution in [0.25, 0.3) is 21.9 Å². The molecule has 0 saturated heterocycles. The van der Waals surface area contributed by atoms with E-state index in [1.165, 1.54) is 16.9 Å². The van der Waals surface area contributed by atoms with Crippen LogP contribution >= 0.6 is 11.3 Å². The van der Waals surface area contributed by atoms with Gasteiger partial charge in [0.1, 0.15) is 17.7 Å². The number of rotatable bonds is 6. The van der Waals surface area contributed by atoms with Gasteiger partial charge in [-0.15, -0.1) is 11.3 Å². The summed E-state index contributed by atoms with van der Waals surface area (Å²) >= 11 is 1.51. The van der Waals surface area contributed by atoms with Crippen LogP contribution in [0.3, 0.4) is 0 Å². The van der Waals surface area contributed by atoms with E-state index in [9.17, 15) is 5.26 Å². The smallest absolute Gasteiger partial charge is 0.161 e. The Balaban J connectivity index is 1.53. The Morgan fingerprint density at radius 1 is 1.03 bits per heavy atom. The van der Waals surface area contributed by atoms with Crippen LogP contribution in [0.5, 0.6) is 11.5 Å². The van der Waals surface area contributed by atoms with Crippen LogP contribution in [0.15, 0.2) is 66.7 Å². The Morgan fingerprint density at radius 2 is 1.79 bits per heavy atom. The number of nitriles is 1. The molecule has 1 aromatic heterocycles. The quantitative estimate of drug-likeness (QED) is 0.288. The average Bonchev–Trinajstić information content (AvgIpc) is 3.25. The highest BCUT2D eigenvalue weighted by Crippen LogP contribution is 2.32. The van der Waals surface area contributed by atoms with Crippen LogP contribution in [0, 0.1) is 11.3 Å². The minimum absolute atomic E-state index is 0.125. The minimum atomic E-state index is 0.125. The summed E-state index contributed by atoms with van der Waals surface area (Å²) in [6, 6.07) is 24.3. The molecule has 0 unspecified atom stereocenters. The van der Waals surface area contributed by atoms with E-state index >= 15 is 0 Å². The molecule has 0 spiro atoms. The van der Waals surface area contributed by atoms with Gasteiger partial charge in [-0.3, -0.25) is 0 Å². The normalized spacial score (nSPS) is 11.9. The number of methoxy groups -OCH3 is 1. The van der Waals surface area contributed by atoms with Gasteiger partial charge in [0.05, 0.1) is 22.9 Å². The van der Waals surface area contributed by atoms with Crippen LogP contribution in [0.1, 0.15) is 42.5 Å². The van der Waals surface area contributed by atoms with E-state index in [1.54, 1.807) is 7.11 Å². The molecule has 0 aliphatic heterocycles. The van der Waals surface area contributed by atoms with Crippen molar-refractivity contribution in [3.05, 3.63) is 88.4 Å². The second kappa shape index (κ2) is 9.48. The molecule has 0 fully saturated rings. The van der Waals surface area contributed by atoms with Gasteiger partial charge in [0.2, 0.25) is 0 Å². The Kier molecular flexibility index (Phi) is 6.48. The summed E-state index contributed by atoms with van der Waals surface area (Å²) in [6.45, 7) is 7.06. The zero-order valence-corrected chi connectivity index (χ0v) is 20.1. The summed E-state index contributed by atoms with van der Waals surface area (Å²) in [6.07, 6.45) is 1.83. The summed E-state index contributed by atoms with van der Waals surface area (Å²) in [5.41, 5.74) is 4.78. The van der Waals surface area contributed by atoms with Crippen molar-refractivity contribution >= 4 is 33.2 Å². The zero-order chi connectivity index (χ0) is 23.4. The fourth-order valence-electron chi connectivity index (χ4n) is 3.45. The zero-order valence-electron chi connectivity index (χ0n) is 19.3. The lowest BCUT2D eigenvalue weighted by Gasteiger charge is -2.19. The molecule has 166 valence electrons. The van der Waals surface area contributed by atoms with Crippen molar-refractivity contribution in [2.24, 2.45) is 0 Å².